The molecule has 0 saturated heterocycles. The molecule has 5 heteroatoms. The van der Waals surface area contributed by atoms with Crippen molar-refractivity contribution in [3.05, 3.63) is 0 Å². The van der Waals surface area contributed by atoms with Crippen molar-refractivity contribution in [3.8, 4) is 0 Å². The van der Waals surface area contributed by atoms with Crippen molar-refractivity contribution < 1.29 is 4.79 Å². The molecule has 0 heterocycles. The number of halogens is 2. The Balaban J connectivity index is 1.59. The summed E-state index contributed by atoms with van der Waals surface area (Å²) >= 11 is 11.6. The van der Waals surface area contributed by atoms with Crippen molar-refractivity contribution in [1.82, 2.24) is 10.6 Å². The maximum atomic E-state index is 11.1. The molecule has 2 amide bonds. The van der Waals surface area contributed by atoms with Crippen molar-refractivity contribution in [2.24, 2.45) is 5.92 Å². The zero-order valence-electron chi connectivity index (χ0n) is 7.15. The third kappa shape index (κ3) is 2.64. The Labute approximate surface area is 87.1 Å². The minimum Gasteiger partial charge on any atom is -0.338 e. The molecule has 0 radical (unpaired) electrons. The third-order valence-electron chi connectivity index (χ3n) is 2.38. The van der Waals surface area contributed by atoms with Crippen LogP contribution in [0.25, 0.3) is 0 Å². The first kappa shape index (κ1) is 9.41. The van der Waals surface area contributed by atoms with Gasteiger partial charge in [0.2, 0.25) is 0 Å². The minimum absolute atomic E-state index is 0.0986. The van der Waals surface area contributed by atoms with Gasteiger partial charge in [-0.3, -0.25) is 0 Å². The van der Waals surface area contributed by atoms with Crippen molar-refractivity contribution in [2.75, 3.05) is 6.54 Å². The second-order valence-electron chi connectivity index (χ2n) is 3.79. The van der Waals surface area contributed by atoms with Crippen LogP contribution in [0, 0.1) is 5.92 Å². The van der Waals surface area contributed by atoms with Gasteiger partial charge >= 0.3 is 6.03 Å². The van der Waals surface area contributed by atoms with Crippen LogP contribution in [0.5, 0.6) is 0 Å². The molecular formula is C8H12Cl2N2O. The molecule has 0 aromatic carbocycles. The van der Waals surface area contributed by atoms with Gasteiger partial charge in [0.15, 0.2) is 0 Å². The Morgan fingerprint density at radius 3 is 2.54 bits per heavy atom. The predicted octanol–water partition coefficient (Wildman–Crippen LogP) is 1.64. The van der Waals surface area contributed by atoms with E-state index in [0.717, 1.165) is 19.3 Å². The lowest BCUT2D eigenvalue weighted by Gasteiger charge is -2.05. The van der Waals surface area contributed by atoms with Crippen LogP contribution in [0.1, 0.15) is 19.3 Å². The largest absolute Gasteiger partial charge is 0.338 e. The van der Waals surface area contributed by atoms with E-state index < -0.39 is 4.33 Å². The van der Waals surface area contributed by atoms with Crippen LogP contribution in [0.4, 0.5) is 4.79 Å². The molecule has 2 N–H and O–H groups in total. The first-order valence-corrected chi connectivity index (χ1v) is 5.26. The Bertz CT molecular complexity index is 228. The number of carbonyl (C=O) groups excluding carboxylic acids is 1. The molecule has 74 valence electrons. The van der Waals surface area contributed by atoms with Crippen molar-refractivity contribution in [2.45, 2.75) is 29.6 Å². The average Bonchev–Trinajstić information content (AvgIpc) is 2.88. The maximum absolute atomic E-state index is 11.1. The molecule has 2 rings (SSSR count). The molecule has 2 saturated carbocycles. The summed E-state index contributed by atoms with van der Waals surface area (Å²) in [5, 5.41) is 5.58. The number of nitrogens with one attached hydrogen (secondary N) is 2. The fourth-order valence-corrected chi connectivity index (χ4v) is 1.70. The standard InChI is InChI=1S/C8H12Cl2N2O/c9-8(10)3-5(8)4-11-7(13)12-6-1-2-6/h5-6H,1-4H2,(H2,11,12,13). The summed E-state index contributed by atoms with van der Waals surface area (Å²) < 4.78 is -0.590. The molecular weight excluding hydrogens is 211 g/mol. The lowest BCUT2D eigenvalue weighted by Crippen LogP contribution is -2.38. The number of amides is 2. The van der Waals surface area contributed by atoms with Crippen LogP contribution in [0.15, 0.2) is 0 Å². The number of hydrogen-bond acceptors (Lipinski definition) is 1. The topological polar surface area (TPSA) is 41.1 Å². The molecule has 3 nitrogen and oxygen atoms in total. The number of rotatable bonds is 3. The monoisotopic (exact) mass is 222 g/mol. The molecule has 13 heavy (non-hydrogen) atoms. The van der Waals surface area contributed by atoms with Gasteiger partial charge in [-0.1, -0.05) is 0 Å². The van der Waals surface area contributed by atoms with Crippen LogP contribution >= 0.6 is 23.2 Å². The smallest absolute Gasteiger partial charge is 0.315 e. The molecule has 0 aromatic heterocycles. The number of alkyl halides is 2. The van der Waals surface area contributed by atoms with Gasteiger partial charge in [0.1, 0.15) is 4.33 Å². The van der Waals surface area contributed by atoms with Gasteiger partial charge in [-0.05, 0) is 19.3 Å². The molecule has 0 aliphatic heterocycles. The first-order chi connectivity index (χ1) is 6.08. The molecule has 0 bridgehead atoms. The Morgan fingerprint density at radius 2 is 2.08 bits per heavy atom. The Kier molecular flexibility index (Phi) is 2.32. The summed E-state index contributed by atoms with van der Waals surface area (Å²) in [5.74, 6) is 0.223. The van der Waals surface area contributed by atoms with Crippen LogP contribution in [0.2, 0.25) is 0 Å². The summed E-state index contributed by atoms with van der Waals surface area (Å²) in [6.45, 7) is 0.575. The summed E-state index contributed by atoms with van der Waals surface area (Å²) in [5.41, 5.74) is 0. The number of hydrogen-bond donors (Lipinski definition) is 2. The molecule has 2 aliphatic rings. The van der Waals surface area contributed by atoms with Crippen molar-refractivity contribution in [1.29, 1.82) is 0 Å². The SMILES string of the molecule is O=C(NCC1CC1(Cl)Cl)NC1CC1. The Hall–Kier alpha value is -0.150. The summed E-state index contributed by atoms with van der Waals surface area (Å²) in [6, 6.07) is 0.300. The van der Waals surface area contributed by atoms with E-state index in [4.69, 9.17) is 23.2 Å². The fraction of sp³-hybridized carbons (Fsp3) is 0.875. The highest BCUT2D eigenvalue weighted by molar-refractivity contribution is 6.50. The van der Waals surface area contributed by atoms with Gasteiger partial charge < -0.3 is 10.6 Å². The number of urea groups is 1. The van der Waals surface area contributed by atoms with E-state index in [0.29, 0.717) is 12.6 Å². The second kappa shape index (κ2) is 3.21. The van der Waals surface area contributed by atoms with E-state index in [1.165, 1.54) is 0 Å². The van der Waals surface area contributed by atoms with Gasteiger partial charge in [0.05, 0.1) is 0 Å². The highest BCUT2D eigenvalue weighted by Gasteiger charge is 2.51. The predicted molar refractivity (Wildman–Crippen MR) is 52.1 cm³/mol. The number of carbonyl (C=O) groups is 1. The van der Waals surface area contributed by atoms with Gasteiger partial charge in [-0.2, -0.15) is 0 Å². The maximum Gasteiger partial charge on any atom is 0.315 e. The molecule has 1 unspecified atom stereocenters. The lowest BCUT2D eigenvalue weighted by molar-refractivity contribution is 0.240. The van der Waals surface area contributed by atoms with E-state index in [1.54, 1.807) is 0 Å². The van der Waals surface area contributed by atoms with Gasteiger partial charge in [-0.25, -0.2) is 4.79 Å². The van der Waals surface area contributed by atoms with Gasteiger partial charge in [-0.15, -0.1) is 23.2 Å². The van der Waals surface area contributed by atoms with E-state index >= 15 is 0 Å². The highest BCUT2D eigenvalue weighted by Crippen LogP contribution is 2.52. The average molecular weight is 223 g/mol. The van der Waals surface area contributed by atoms with Crippen molar-refractivity contribution >= 4 is 29.2 Å². The van der Waals surface area contributed by atoms with Crippen LogP contribution in [0.3, 0.4) is 0 Å². The second-order valence-corrected chi connectivity index (χ2v) is 5.33. The molecule has 2 fully saturated rings. The van der Waals surface area contributed by atoms with Gasteiger partial charge in [0.25, 0.3) is 0 Å². The summed E-state index contributed by atoms with van der Waals surface area (Å²) in [6.07, 6.45) is 2.98. The third-order valence-corrected chi connectivity index (χ3v) is 3.30. The quantitative estimate of drug-likeness (QED) is 0.701. The molecule has 0 spiro atoms. The summed E-state index contributed by atoms with van der Waals surface area (Å²) in [4.78, 5) is 11.1. The van der Waals surface area contributed by atoms with Crippen LogP contribution < -0.4 is 10.6 Å². The van der Waals surface area contributed by atoms with E-state index in [-0.39, 0.29) is 11.9 Å². The fourth-order valence-electron chi connectivity index (χ4n) is 1.17. The normalized spacial score (nSPS) is 29.5. The Morgan fingerprint density at radius 1 is 1.46 bits per heavy atom. The lowest BCUT2D eigenvalue weighted by atomic mass is 10.4. The van der Waals surface area contributed by atoms with E-state index in [9.17, 15) is 4.79 Å². The van der Waals surface area contributed by atoms with E-state index in [2.05, 4.69) is 10.6 Å². The van der Waals surface area contributed by atoms with Gasteiger partial charge in [0, 0.05) is 18.5 Å². The minimum atomic E-state index is -0.590. The van der Waals surface area contributed by atoms with E-state index in [1.807, 2.05) is 0 Å². The van der Waals surface area contributed by atoms with Crippen LogP contribution in [-0.2, 0) is 0 Å². The molecule has 1 atom stereocenters. The summed E-state index contributed by atoms with van der Waals surface area (Å²) in [7, 11) is 0. The molecule has 2 aliphatic carbocycles. The first-order valence-electron chi connectivity index (χ1n) is 4.50. The molecule has 0 aromatic rings. The van der Waals surface area contributed by atoms with Crippen LogP contribution in [-0.4, -0.2) is 23.0 Å². The van der Waals surface area contributed by atoms with Crippen molar-refractivity contribution in [3.63, 3.8) is 0 Å². The zero-order chi connectivity index (χ0) is 9.47. The zero-order valence-corrected chi connectivity index (χ0v) is 8.66. The highest BCUT2D eigenvalue weighted by atomic mass is 35.5.